The first-order valence-corrected chi connectivity index (χ1v) is 12.5. The normalized spacial score (nSPS) is 10.8. The average Bonchev–Trinajstić information content (AvgIpc) is 2.93. The lowest BCUT2D eigenvalue weighted by atomic mass is 10.1. The van der Waals surface area contributed by atoms with Crippen molar-refractivity contribution < 1.29 is 14.3 Å². The quantitative estimate of drug-likeness (QED) is 0.232. The second-order valence-electron chi connectivity index (χ2n) is 8.41. The molecule has 0 unspecified atom stereocenters. The summed E-state index contributed by atoms with van der Waals surface area (Å²) in [6.45, 7) is 8.03. The molecule has 0 saturated carbocycles. The molecule has 0 bridgehead atoms. The number of hydrogen-bond acceptors (Lipinski definition) is 8. The molecule has 0 aliphatic heterocycles. The molecule has 0 spiro atoms. The number of hydrogen-bond donors (Lipinski definition) is 2. The number of ether oxygens (including phenoxy) is 2. The number of carbonyl (C=O) groups is 1. The number of pyridine rings is 1. The number of likely N-dealkylation sites (N-methyl/N-ethyl adjacent to an activating group) is 1. The third-order valence-corrected chi connectivity index (χ3v) is 6.04. The molecule has 0 saturated heterocycles. The summed E-state index contributed by atoms with van der Waals surface area (Å²) in [6, 6.07) is 14.6. The summed E-state index contributed by atoms with van der Waals surface area (Å²) >= 11 is 6.49. The lowest BCUT2D eigenvalue weighted by Crippen LogP contribution is -2.24. The third kappa shape index (κ3) is 6.96. The van der Waals surface area contributed by atoms with Gasteiger partial charge in [-0.05, 0) is 56.1 Å². The molecule has 0 aliphatic carbocycles. The van der Waals surface area contributed by atoms with Crippen molar-refractivity contribution in [3.8, 4) is 11.5 Å². The highest BCUT2D eigenvalue weighted by Gasteiger charge is 2.14. The van der Waals surface area contributed by atoms with Gasteiger partial charge in [-0.1, -0.05) is 31.2 Å². The van der Waals surface area contributed by atoms with Crippen LogP contribution in [0.25, 0.3) is 10.9 Å². The molecule has 10 heteroatoms. The van der Waals surface area contributed by atoms with Crippen molar-refractivity contribution in [1.29, 1.82) is 0 Å². The highest BCUT2D eigenvalue weighted by atomic mass is 35.5. The third-order valence-electron chi connectivity index (χ3n) is 5.75. The van der Waals surface area contributed by atoms with Gasteiger partial charge in [-0.2, -0.15) is 0 Å². The summed E-state index contributed by atoms with van der Waals surface area (Å²) in [5.74, 6) is 1.25. The smallest absolute Gasteiger partial charge is 0.247 e. The Morgan fingerprint density at radius 1 is 1.11 bits per heavy atom. The van der Waals surface area contributed by atoms with Crippen LogP contribution in [0, 0.1) is 0 Å². The van der Waals surface area contributed by atoms with Crippen LogP contribution in [-0.2, 0) is 11.4 Å². The van der Waals surface area contributed by atoms with E-state index in [9.17, 15) is 4.79 Å². The zero-order valence-corrected chi connectivity index (χ0v) is 22.0. The van der Waals surface area contributed by atoms with Gasteiger partial charge in [0.15, 0.2) is 0 Å². The summed E-state index contributed by atoms with van der Waals surface area (Å²) < 4.78 is 11.8. The first kappa shape index (κ1) is 26.8. The fourth-order valence-electron chi connectivity index (χ4n) is 3.52. The van der Waals surface area contributed by atoms with E-state index in [1.54, 1.807) is 30.5 Å². The van der Waals surface area contributed by atoms with E-state index in [0.717, 1.165) is 18.8 Å². The summed E-state index contributed by atoms with van der Waals surface area (Å²) in [5, 5.41) is 7.23. The first-order chi connectivity index (χ1) is 18.5. The van der Waals surface area contributed by atoms with Crippen molar-refractivity contribution in [1.82, 2.24) is 19.9 Å². The van der Waals surface area contributed by atoms with Crippen LogP contribution in [0.15, 0.2) is 73.7 Å². The predicted octanol–water partition coefficient (Wildman–Crippen LogP) is 5.46. The van der Waals surface area contributed by atoms with Gasteiger partial charge in [0.1, 0.15) is 36.9 Å². The van der Waals surface area contributed by atoms with E-state index in [4.69, 9.17) is 21.1 Å². The molecule has 2 N–H and O–H groups in total. The molecule has 9 nitrogen and oxygen atoms in total. The largest absolute Gasteiger partial charge is 0.490 e. The highest BCUT2D eigenvalue weighted by molar-refractivity contribution is 6.32. The highest BCUT2D eigenvalue weighted by Crippen LogP contribution is 2.35. The summed E-state index contributed by atoms with van der Waals surface area (Å²) in [5.41, 5.74) is 2.66. The molecule has 2 aromatic carbocycles. The van der Waals surface area contributed by atoms with Gasteiger partial charge in [0.05, 0.1) is 21.9 Å². The minimum Gasteiger partial charge on any atom is -0.490 e. The van der Waals surface area contributed by atoms with Gasteiger partial charge in [0.25, 0.3) is 0 Å². The van der Waals surface area contributed by atoms with E-state index in [-0.39, 0.29) is 5.91 Å². The van der Waals surface area contributed by atoms with Crippen LogP contribution in [0.1, 0.15) is 12.6 Å². The Kier molecular flexibility index (Phi) is 9.07. The van der Waals surface area contributed by atoms with Gasteiger partial charge in [0.2, 0.25) is 5.91 Å². The first-order valence-electron chi connectivity index (χ1n) is 12.1. The number of nitrogens with one attached hydrogen (secondary N) is 2. The van der Waals surface area contributed by atoms with Crippen LogP contribution < -0.4 is 20.1 Å². The number of aromatic nitrogens is 3. The van der Waals surface area contributed by atoms with Crippen molar-refractivity contribution >= 4 is 45.6 Å². The molecular formula is C28H29ClN6O3. The number of nitrogens with zero attached hydrogens (tertiary/aromatic N) is 4. The van der Waals surface area contributed by atoms with Gasteiger partial charge < -0.3 is 25.0 Å². The number of benzene rings is 2. The minimum atomic E-state index is -0.348. The molecule has 2 heterocycles. The fraction of sp³-hybridized carbons (Fsp3) is 0.214. The maximum absolute atomic E-state index is 12.1. The van der Waals surface area contributed by atoms with Crippen LogP contribution >= 0.6 is 11.6 Å². The summed E-state index contributed by atoms with van der Waals surface area (Å²) in [7, 11) is 2.01. The maximum atomic E-state index is 12.1. The molecule has 0 fully saturated rings. The second kappa shape index (κ2) is 12.8. The van der Waals surface area contributed by atoms with E-state index < -0.39 is 0 Å². The van der Waals surface area contributed by atoms with E-state index in [1.807, 2.05) is 31.3 Å². The predicted molar refractivity (Wildman–Crippen MR) is 150 cm³/mol. The van der Waals surface area contributed by atoms with Crippen molar-refractivity contribution in [2.45, 2.75) is 13.5 Å². The molecule has 0 radical (unpaired) electrons. The van der Waals surface area contributed by atoms with E-state index in [1.165, 1.54) is 12.4 Å². The topological polar surface area (TPSA) is 102 Å². The van der Waals surface area contributed by atoms with Gasteiger partial charge in [-0.3, -0.25) is 9.78 Å². The Bertz CT molecular complexity index is 1420. The van der Waals surface area contributed by atoms with Crippen molar-refractivity contribution in [3.63, 3.8) is 0 Å². The molecule has 2 aromatic heterocycles. The fourth-order valence-corrected chi connectivity index (χ4v) is 3.76. The molecule has 196 valence electrons. The van der Waals surface area contributed by atoms with Crippen molar-refractivity contribution in [3.05, 3.63) is 84.4 Å². The lowest BCUT2D eigenvalue weighted by Gasteiger charge is -2.17. The summed E-state index contributed by atoms with van der Waals surface area (Å²) in [6.07, 6.45) is 4.39. The van der Waals surface area contributed by atoms with Crippen LogP contribution in [0.2, 0.25) is 5.02 Å². The standard InChI is InChI=1S/C28H29ClN6O3/c1-4-27(36)34-24-15-21-23(16-26(24)37-13-12-35(3)5-2)31-18-32-28(21)33-19-9-10-25(22(29)14-19)38-17-20-8-6-7-11-30-20/h4,6-11,14-16,18H,1,5,12-13,17H2,2-3H3,(H,34,36)(H,31,32,33). The van der Waals surface area contributed by atoms with E-state index in [0.29, 0.717) is 57.8 Å². The van der Waals surface area contributed by atoms with Gasteiger partial charge in [-0.15, -0.1) is 0 Å². The van der Waals surface area contributed by atoms with Gasteiger partial charge in [0, 0.05) is 29.9 Å². The van der Waals surface area contributed by atoms with Crippen LogP contribution in [0.4, 0.5) is 17.2 Å². The zero-order valence-electron chi connectivity index (χ0n) is 21.3. The van der Waals surface area contributed by atoms with Gasteiger partial charge in [-0.25, -0.2) is 9.97 Å². The molecule has 4 rings (SSSR count). The Labute approximate surface area is 226 Å². The summed E-state index contributed by atoms with van der Waals surface area (Å²) in [4.78, 5) is 27.3. The van der Waals surface area contributed by atoms with Crippen LogP contribution in [0.3, 0.4) is 0 Å². The van der Waals surface area contributed by atoms with E-state index >= 15 is 0 Å². The molecule has 38 heavy (non-hydrogen) atoms. The molecule has 0 aliphatic rings. The molecule has 0 atom stereocenters. The van der Waals surface area contributed by atoms with Crippen molar-refractivity contribution in [2.75, 3.05) is 37.4 Å². The SMILES string of the molecule is C=CC(=O)Nc1cc2c(Nc3ccc(OCc4ccccn4)c(Cl)c3)ncnc2cc1OCCN(C)CC. The Hall–Kier alpha value is -4.21. The number of fused-ring (bicyclic) bond motifs is 1. The number of halogens is 1. The number of rotatable bonds is 12. The Morgan fingerprint density at radius 2 is 1.97 bits per heavy atom. The van der Waals surface area contributed by atoms with Crippen LogP contribution in [0.5, 0.6) is 11.5 Å². The molecule has 4 aromatic rings. The number of carbonyl (C=O) groups excluding carboxylic acids is 1. The Balaban J connectivity index is 1.57. The zero-order chi connectivity index (χ0) is 26.9. The van der Waals surface area contributed by atoms with Crippen LogP contribution in [-0.4, -0.2) is 52.5 Å². The Morgan fingerprint density at radius 3 is 2.71 bits per heavy atom. The average molecular weight is 533 g/mol. The second-order valence-corrected chi connectivity index (χ2v) is 8.81. The molecular weight excluding hydrogens is 504 g/mol. The molecule has 1 amide bonds. The monoisotopic (exact) mass is 532 g/mol. The van der Waals surface area contributed by atoms with E-state index in [2.05, 4.69) is 44.0 Å². The number of amides is 1. The number of anilines is 3. The maximum Gasteiger partial charge on any atom is 0.247 e. The minimum absolute atomic E-state index is 0.308. The van der Waals surface area contributed by atoms with Gasteiger partial charge >= 0.3 is 0 Å². The lowest BCUT2D eigenvalue weighted by molar-refractivity contribution is -0.111. The van der Waals surface area contributed by atoms with Crippen molar-refractivity contribution in [2.24, 2.45) is 0 Å².